The number of rotatable bonds is 9. The van der Waals surface area contributed by atoms with Gasteiger partial charge < -0.3 is 0 Å². The number of ketones is 3. The van der Waals surface area contributed by atoms with Gasteiger partial charge in [0.1, 0.15) is 17.5 Å². The highest BCUT2D eigenvalue weighted by atomic mass is 35.5. The maximum absolute atomic E-state index is 15.3. The maximum Gasteiger partial charge on any atom is 0.168 e. The Labute approximate surface area is 265 Å². The Morgan fingerprint density at radius 3 is 0.909 bits per heavy atom. The molecule has 0 atom stereocenters. The van der Waals surface area contributed by atoms with Crippen LogP contribution >= 0.6 is 12.4 Å². The van der Waals surface area contributed by atoms with Crippen LogP contribution in [0.25, 0.3) is 0 Å². The predicted octanol–water partition coefficient (Wildman–Crippen LogP) is 9.41. The van der Waals surface area contributed by atoms with E-state index in [0.717, 1.165) is 0 Å². The quantitative estimate of drug-likeness (QED) is 0.221. The largest absolute Gasteiger partial charge is 0.294 e. The molecule has 0 aliphatic rings. The van der Waals surface area contributed by atoms with Crippen molar-refractivity contribution >= 4 is 29.8 Å². The molecule has 238 valence electrons. The molecular weight excluding hydrogens is 587 g/mol. The van der Waals surface area contributed by atoms with E-state index < -0.39 is 33.7 Å². The van der Waals surface area contributed by atoms with Gasteiger partial charge in [-0.3, -0.25) is 19.3 Å². The zero-order valence-corrected chi connectivity index (χ0v) is 27.8. The predicted molar refractivity (Wildman–Crippen MR) is 171 cm³/mol. The Bertz CT molecular complexity index is 1360. The molecule has 0 aromatic heterocycles. The van der Waals surface area contributed by atoms with E-state index in [4.69, 9.17) is 0 Å². The molecule has 44 heavy (non-hydrogen) atoms. The van der Waals surface area contributed by atoms with Crippen molar-refractivity contribution < 1.29 is 27.6 Å². The molecule has 0 bridgehead atoms. The van der Waals surface area contributed by atoms with Gasteiger partial charge in [0.25, 0.3) is 0 Å². The molecule has 0 radical (unpaired) electrons. The van der Waals surface area contributed by atoms with E-state index in [9.17, 15) is 14.4 Å². The molecule has 3 aromatic rings. The van der Waals surface area contributed by atoms with Crippen LogP contribution < -0.4 is 0 Å². The third-order valence-corrected chi connectivity index (χ3v) is 7.17. The topological polar surface area (TPSA) is 54.5 Å². The highest BCUT2D eigenvalue weighted by molar-refractivity contribution is 6.01. The van der Waals surface area contributed by atoms with Crippen LogP contribution in [0.15, 0.2) is 54.6 Å². The van der Waals surface area contributed by atoms with E-state index in [-0.39, 0.29) is 82.8 Å². The van der Waals surface area contributed by atoms with Crippen LogP contribution in [-0.2, 0) is 19.6 Å². The van der Waals surface area contributed by atoms with Gasteiger partial charge in [0, 0.05) is 69.3 Å². The van der Waals surface area contributed by atoms with E-state index >= 15 is 13.2 Å². The third kappa shape index (κ3) is 9.12. The number of nitrogens with zero attached hydrogens (tertiary/aromatic N) is 1. The molecule has 0 spiro atoms. The highest BCUT2D eigenvalue weighted by Crippen LogP contribution is 2.27. The molecule has 0 saturated carbocycles. The Balaban J connectivity index is 0.00000675. The number of hydrogen-bond acceptors (Lipinski definition) is 4. The monoisotopic (exact) mass is 629 g/mol. The summed E-state index contributed by atoms with van der Waals surface area (Å²) in [6, 6.07) is 12.8. The Morgan fingerprint density at radius 1 is 0.500 bits per heavy atom. The summed E-state index contributed by atoms with van der Waals surface area (Å²) < 4.78 is 45.9. The van der Waals surface area contributed by atoms with E-state index in [2.05, 4.69) is 0 Å². The van der Waals surface area contributed by atoms with Gasteiger partial charge in [-0.25, -0.2) is 13.2 Å². The first kappa shape index (κ1) is 36.9. The van der Waals surface area contributed by atoms with Crippen LogP contribution in [-0.4, -0.2) is 22.2 Å². The normalized spacial score (nSPS) is 12.2. The minimum Gasteiger partial charge on any atom is -0.294 e. The number of benzene rings is 3. The van der Waals surface area contributed by atoms with Crippen LogP contribution in [0.5, 0.6) is 0 Å². The maximum atomic E-state index is 15.3. The first-order valence-electron chi connectivity index (χ1n) is 14.4. The van der Waals surface area contributed by atoms with Gasteiger partial charge in [-0.05, 0) is 18.2 Å². The number of carbonyl (C=O) groups is 3. The molecule has 3 aromatic carbocycles. The molecule has 0 aliphatic carbocycles. The highest BCUT2D eigenvalue weighted by Gasteiger charge is 2.27. The summed E-state index contributed by atoms with van der Waals surface area (Å²) in [5, 5.41) is 0. The first-order chi connectivity index (χ1) is 19.7. The second-order valence-corrected chi connectivity index (χ2v) is 14.3. The van der Waals surface area contributed by atoms with Crippen molar-refractivity contribution in [3.8, 4) is 0 Å². The lowest BCUT2D eigenvalue weighted by atomic mass is 9.86. The van der Waals surface area contributed by atoms with Crippen LogP contribution in [0.2, 0.25) is 0 Å². The van der Waals surface area contributed by atoms with Crippen LogP contribution in [0.4, 0.5) is 13.2 Å². The summed E-state index contributed by atoms with van der Waals surface area (Å²) in [5.74, 6) is -2.40. The van der Waals surface area contributed by atoms with Gasteiger partial charge in [0.15, 0.2) is 17.3 Å². The number of carbonyl (C=O) groups excluding carboxylic acids is 3. The fourth-order valence-electron chi connectivity index (χ4n) is 4.64. The van der Waals surface area contributed by atoms with Crippen molar-refractivity contribution in [1.82, 2.24) is 4.90 Å². The van der Waals surface area contributed by atoms with E-state index in [1.165, 1.54) is 36.4 Å². The molecular formula is C36H43ClF3NO3. The van der Waals surface area contributed by atoms with Crippen LogP contribution in [0, 0.1) is 33.7 Å². The van der Waals surface area contributed by atoms with Crippen LogP contribution in [0.1, 0.15) is 110 Å². The fourth-order valence-corrected chi connectivity index (χ4v) is 4.64. The lowest BCUT2D eigenvalue weighted by Gasteiger charge is -2.25. The third-order valence-electron chi connectivity index (χ3n) is 7.17. The van der Waals surface area contributed by atoms with Crippen molar-refractivity contribution in [2.45, 2.75) is 81.9 Å². The lowest BCUT2D eigenvalue weighted by molar-refractivity contribution is 0.0852. The van der Waals surface area contributed by atoms with Crippen molar-refractivity contribution in [2.24, 2.45) is 16.2 Å². The standard InChI is InChI=1S/C36H42F3NO3.ClH/c1-34(2,3)31(41)22-10-13-25(28(37)16-22)19-40(20-26-14-11-23(17-29(26)38)32(42)35(4,5)6)21-27-15-12-24(18-30(27)39)33(43)36(7,8)9;/h10-18H,19-21H2,1-9H3;1H. The number of hydrogen-bond donors (Lipinski definition) is 0. The van der Waals surface area contributed by atoms with E-state index in [0.29, 0.717) is 0 Å². The second kappa shape index (κ2) is 13.8. The molecule has 0 saturated heterocycles. The first-order valence-corrected chi connectivity index (χ1v) is 14.4. The van der Waals surface area contributed by atoms with Gasteiger partial charge in [-0.2, -0.15) is 0 Å². The summed E-state index contributed by atoms with van der Waals surface area (Å²) >= 11 is 0. The van der Waals surface area contributed by atoms with E-state index in [1.807, 2.05) is 0 Å². The lowest BCUT2D eigenvalue weighted by Crippen LogP contribution is -2.25. The molecule has 0 heterocycles. The molecule has 0 aliphatic heterocycles. The minimum absolute atomic E-state index is 0. The van der Waals surface area contributed by atoms with Crippen LogP contribution in [0.3, 0.4) is 0 Å². The number of halogens is 4. The summed E-state index contributed by atoms with van der Waals surface area (Å²) in [7, 11) is 0. The Morgan fingerprint density at radius 2 is 0.727 bits per heavy atom. The minimum atomic E-state index is -0.684. The molecule has 8 heteroatoms. The van der Waals surface area contributed by atoms with Crippen molar-refractivity contribution in [3.63, 3.8) is 0 Å². The SMILES string of the molecule is CC(C)(C)C(=O)c1ccc(CN(Cc2ccc(C(=O)C(C)(C)C)cc2F)Cc2ccc(C(=O)C(C)(C)C)cc2F)c(F)c1.Cl. The molecule has 4 nitrogen and oxygen atoms in total. The summed E-state index contributed by atoms with van der Waals surface area (Å²) in [4.78, 5) is 39.7. The van der Waals surface area contributed by atoms with Crippen molar-refractivity contribution in [1.29, 1.82) is 0 Å². The zero-order valence-electron chi connectivity index (χ0n) is 27.0. The van der Waals surface area contributed by atoms with E-state index in [1.54, 1.807) is 85.4 Å². The zero-order chi connectivity index (χ0) is 32.5. The summed E-state index contributed by atoms with van der Waals surface area (Å²) in [6.45, 7) is 15.8. The molecule has 0 N–H and O–H groups in total. The smallest absolute Gasteiger partial charge is 0.168 e. The molecule has 3 rings (SSSR count). The van der Waals surface area contributed by atoms with Crippen molar-refractivity contribution in [3.05, 3.63) is 105 Å². The van der Waals surface area contributed by atoms with Gasteiger partial charge in [0.05, 0.1) is 0 Å². The molecule has 0 fully saturated rings. The van der Waals surface area contributed by atoms with Crippen molar-refractivity contribution in [2.75, 3.05) is 0 Å². The second-order valence-electron chi connectivity index (χ2n) is 14.3. The Kier molecular flexibility index (Phi) is 11.6. The average Bonchev–Trinajstić information content (AvgIpc) is 2.89. The fraction of sp³-hybridized carbons (Fsp3) is 0.417. The van der Waals surface area contributed by atoms with Gasteiger partial charge in [-0.1, -0.05) is 98.7 Å². The molecule has 0 amide bonds. The molecule has 0 unspecified atom stereocenters. The Hall–Kier alpha value is -3.29. The van der Waals surface area contributed by atoms with Gasteiger partial charge in [-0.15, -0.1) is 12.4 Å². The summed E-state index contributed by atoms with van der Waals surface area (Å²) in [5.41, 5.74) is -0.551. The number of Topliss-reactive ketones (excluding diaryl/α,β-unsaturated/α-hetero) is 3. The average molecular weight is 630 g/mol. The van der Waals surface area contributed by atoms with Gasteiger partial charge >= 0.3 is 0 Å². The van der Waals surface area contributed by atoms with Gasteiger partial charge in [0.2, 0.25) is 0 Å². The summed E-state index contributed by atoms with van der Waals surface area (Å²) in [6.07, 6.45) is 0.